The number of carbonyl (C=O) groups excluding carboxylic acids is 1. The Morgan fingerprint density at radius 1 is 1.20 bits per heavy atom. The molecule has 15 heavy (non-hydrogen) atoms. The summed E-state index contributed by atoms with van der Waals surface area (Å²) in [4.78, 5) is 14.2. The Morgan fingerprint density at radius 2 is 1.67 bits per heavy atom. The van der Waals surface area contributed by atoms with E-state index in [4.69, 9.17) is 0 Å². The summed E-state index contributed by atoms with van der Waals surface area (Å²) in [5.41, 5.74) is 0. The van der Waals surface area contributed by atoms with E-state index in [1.807, 2.05) is 6.92 Å². The van der Waals surface area contributed by atoms with Crippen molar-refractivity contribution in [2.24, 2.45) is 11.8 Å². The Labute approximate surface area is 93.0 Å². The quantitative estimate of drug-likeness (QED) is 0.642. The molecule has 0 bridgehead atoms. The van der Waals surface area contributed by atoms with Crippen LogP contribution in [-0.4, -0.2) is 29.8 Å². The van der Waals surface area contributed by atoms with E-state index in [2.05, 4.69) is 11.8 Å². The second-order valence-electron chi connectivity index (χ2n) is 5.34. The smallest absolute Gasteiger partial charge is 0.149 e. The van der Waals surface area contributed by atoms with Crippen molar-refractivity contribution in [1.82, 2.24) is 4.90 Å². The molecular weight excluding hydrogens is 186 g/mol. The average molecular weight is 209 g/mol. The molecule has 0 aromatic rings. The maximum absolute atomic E-state index is 11.7. The van der Waals surface area contributed by atoms with Gasteiger partial charge < -0.3 is 0 Å². The number of carbonyl (C=O) groups is 1. The Balaban J connectivity index is 1.85. The van der Waals surface area contributed by atoms with Gasteiger partial charge in [-0.3, -0.25) is 9.69 Å². The minimum atomic E-state index is 0.163. The van der Waals surface area contributed by atoms with Crippen molar-refractivity contribution in [2.75, 3.05) is 13.1 Å². The van der Waals surface area contributed by atoms with Crippen LogP contribution in [0.5, 0.6) is 0 Å². The summed E-state index contributed by atoms with van der Waals surface area (Å²) in [6.45, 7) is 6.41. The van der Waals surface area contributed by atoms with Gasteiger partial charge in [0.15, 0.2) is 0 Å². The van der Waals surface area contributed by atoms with Crippen LogP contribution in [0.2, 0.25) is 0 Å². The summed E-state index contributed by atoms with van der Waals surface area (Å²) < 4.78 is 0. The molecule has 0 radical (unpaired) electrons. The maximum Gasteiger partial charge on any atom is 0.149 e. The molecule has 0 aromatic carbocycles. The third-order valence-corrected chi connectivity index (χ3v) is 3.74. The zero-order chi connectivity index (χ0) is 10.8. The highest BCUT2D eigenvalue weighted by Gasteiger charge is 2.32. The van der Waals surface area contributed by atoms with E-state index < -0.39 is 0 Å². The minimum absolute atomic E-state index is 0.163. The van der Waals surface area contributed by atoms with Gasteiger partial charge in [0.25, 0.3) is 0 Å². The zero-order valence-corrected chi connectivity index (χ0v) is 10.0. The monoisotopic (exact) mass is 209 g/mol. The second kappa shape index (κ2) is 4.65. The van der Waals surface area contributed by atoms with Crippen molar-refractivity contribution in [2.45, 2.75) is 52.0 Å². The maximum atomic E-state index is 11.7. The number of ketones is 1. The van der Waals surface area contributed by atoms with E-state index in [1.165, 1.54) is 38.8 Å². The van der Waals surface area contributed by atoms with Crippen LogP contribution in [0, 0.1) is 11.8 Å². The van der Waals surface area contributed by atoms with Crippen molar-refractivity contribution >= 4 is 5.78 Å². The van der Waals surface area contributed by atoms with Gasteiger partial charge in [-0.05, 0) is 44.4 Å². The molecule has 0 aliphatic heterocycles. The molecule has 0 saturated heterocycles. The highest BCUT2D eigenvalue weighted by atomic mass is 16.1. The van der Waals surface area contributed by atoms with Crippen LogP contribution in [0.3, 0.4) is 0 Å². The standard InChI is InChI=1S/C13H23NO/c1-3-13(15)10(2)14(8-11-4-5-11)9-12-6-7-12/h10-12H,3-9H2,1-2H3. The molecule has 0 heterocycles. The molecule has 2 fully saturated rings. The normalized spacial score (nSPS) is 23.1. The predicted octanol–water partition coefficient (Wildman–Crippen LogP) is 2.48. The summed E-state index contributed by atoms with van der Waals surface area (Å²) in [6, 6.07) is 0.163. The average Bonchev–Trinajstić information content (AvgIpc) is 3.08. The van der Waals surface area contributed by atoms with Crippen LogP contribution < -0.4 is 0 Å². The number of Topliss-reactive ketones (excluding diaryl/α,β-unsaturated/α-hetero) is 1. The Bertz CT molecular complexity index is 217. The van der Waals surface area contributed by atoms with E-state index in [1.54, 1.807) is 0 Å². The third-order valence-electron chi connectivity index (χ3n) is 3.74. The van der Waals surface area contributed by atoms with Crippen LogP contribution in [0.1, 0.15) is 46.0 Å². The molecule has 1 atom stereocenters. The first-order valence-electron chi connectivity index (χ1n) is 6.47. The lowest BCUT2D eigenvalue weighted by molar-refractivity contribution is -0.123. The van der Waals surface area contributed by atoms with E-state index in [0.717, 1.165) is 11.8 Å². The molecule has 2 rings (SSSR count). The second-order valence-corrected chi connectivity index (χ2v) is 5.34. The van der Waals surface area contributed by atoms with E-state index in [0.29, 0.717) is 12.2 Å². The summed E-state index contributed by atoms with van der Waals surface area (Å²) in [6.07, 6.45) is 6.22. The largest absolute Gasteiger partial charge is 0.298 e. The SMILES string of the molecule is CCC(=O)C(C)N(CC1CC1)CC1CC1. The molecule has 2 nitrogen and oxygen atoms in total. The van der Waals surface area contributed by atoms with Crippen molar-refractivity contribution in [3.63, 3.8) is 0 Å². The molecule has 2 heteroatoms. The Morgan fingerprint density at radius 3 is 2.00 bits per heavy atom. The number of hydrogen-bond donors (Lipinski definition) is 0. The van der Waals surface area contributed by atoms with E-state index >= 15 is 0 Å². The van der Waals surface area contributed by atoms with Crippen LogP contribution in [0.15, 0.2) is 0 Å². The molecule has 0 amide bonds. The molecule has 0 aromatic heterocycles. The summed E-state index contributed by atoms with van der Waals surface area (Å²) >= 11 is 0. The van der Waals surface area contributed by atoms with Gasteiger partial charge in [-0.2, -0.15) is 0 Å². The van der Waals surface area contributed by atoms with Crippen molar-refractivity contribution in [3.05, 3.63) is 0 Å². The lowest BCUT2D eigenvalue weighted by atomic mass is 10.1. The molecule has 2 aliphatic rings. The highest BCUT2D eigenvalue weighted by Crippen LogP contribution is 2.34. The van der Waals surface area contributed by atoms with Gasteiger partial charge in [0.2, 0.25) is 0 Å². The van der Waals surface area contributed by atoms with Crippen molar-refractivity contribution in [1.29, 1.82) is 0 Å². The number of nitrogens with zero attached hydrogens (tertiary/aromatic N) is 1. The van der Waals surface area contributed by atoms with Crippen LogP contribution in [-0.2, 0) is 4.79 Å². The fourth-order valence-electron chi connectivity index (χ4n) is 2.15. The number of rotatable bonds is 7. The lowest BCUT2D eigenvalue weighted by Gasteiger charge is -2.28. The van der Waals surface area contributed by atoms with E-state index in [9.17, 15) is 4.79 Å². The van der Waals surface area contributed by atoms with Crippen LogP contribution >= 0.6 is 0 Å². The van der Waals surface area contributed by atoms with Gasteiger partial charge in [-0.15, -0.1) is 0 Å². The number of hydrogen-bond acceptors (Lipinski definition) is 2. The molecule has 2 saturated carbocycles. The summed E-state index contributed by atoms with van der Waals surface area (Å²) in [5, 5.41) is 0. The van der Waals surface area contributed by atoms with Gasteiger partial charge in [0, 0.05) is 19.5 Å². The van der Waals surface area contributed by atoms with Gasteiger partial charge >= 0.3 is 0 Å². The molecule has 0 N–H and O–H groups in total. The summed E-state index contributed by atoms with van der Waals surface area (Å²) in [7, 11) is 0. The predicted molar refractivity (Wildman–Crippen MR) is 61.8 cm³/mol. The van der Waals surface area contributed by atoms with Crippen molar-refractivity contribution in [3.8, 4) is 0 Å². The van der Waals surface area contributed by atoms with Crippen LogP contribution in [0.4, 0.5) is 0 Å². The fraction of sp³-hybridized carbons (Fsp3) is 0.923. The summed E-state index contributed by atoms with van der Waals surface area (Å²) in [5.74, 6) is 2.21. The first-order valence-corrected chi connectivity index (χ1v) is 6.47. The fourth-order valence-corrected chi connectivity index (χ4v) is 2.15. The van der Waals surface area contributed by atoms with Gasteiger partial charge in [0.05, 0.1) is 6.04 Å². The molecular formula is C13H23NO. The first-order chi connectivity index (χ1) is 7.20. The van der Waals surface area contributed by atoms with Gasteiger partial charge in [0.1, 0.15) is 5.78 Å². The lowest BCUT2D eigenvalue weighted by Crippen LogP contribution is -2.41. The molecule has 1 unspecified atom stereocenters. The molecule has 2 aliphatic carbocycles. The minimum Gasteiger partial charge on any atom is -0.298 e. The zero-order valence-electron chi connectivity index (χ0n) is 10.0. The van der Waals surface area contributed by atoms with Gasteiger partial charge in [-0.1, -0.05) is 6.92 Å². The Hall–Kier alpha value is -0.370. The first kappa shape index (κ1) is 11.1. The van der Waals surface area contributed by atoms with Gasteiger partial charge in [-0.25, -0.2) is 0 Å². The third kappa shape index (κ3) is 3.30. The highest BCUT2D eigenvalue weighted by molar-refractivity contribution is 5.83. The topological polar surface area (TPSA) is 20.3 Å². The molecule has 0 spiro atoms. The van der Waals surface area contributed by atoms with Crippen molar-refractivity contribution < 1.29 is 4.79 Å². The van der Waals surface area contributed by atoms with Crippen LogP contribution in [0.25, 0.3) is 0 Å². The Kier molecular flexibility index (Phi) is 3.45. The van der Waals surface area contributed by atoms with E-state index in [-0.39, 0.29) is 6.04 Å². The molecule has 86 valence electrons.